The summed E-state index contributed by atoms with van der Waals surface area (Å²) >= 11 is 1.50. The van der Waals surface area contributed by atoms with Gasteiger partial charge >= 0.3 is 0 Å². The molecule has 4 N–H and O–H groups in total. The van der Waals surface area contributed by atoms with Crippen LogP contribution in [0.5, 0.6) is 0 Å². The predicted molar refractivity (Wildman–Crippen MR) is 79.8 cm³/mol. The average molecular weight is 294 g/mol. The van der Waals surface area contributed by atoms with Gasteiger partial charge in [0.2, 0.25) is 5.91 Å². The van der Waals surface area contributed by atoms with E-state index in [2.05, 4.69) is 15.3 Å². The molecule has 0 spiro atoms. The molecule has 0 fully saturated rings. The van der Waals surface area contributed by atoms with Crippen molar-refractivity contribution in [3.05, 3.63) is 26.6 Å². The Hall–Kier alpha value is -1.73. The van der Waals surface area contributed by atoms with Crippen molar-refractivity contribution in [1.82, 2.24) is 15.3 Å². The van der Waals surface area contributed by atoms with E-state index >= 15 is 0 Å². The van der Waals surface area contributed by atoms with E-state index in [9.17, 15) is 9.59 Å². The van der Waals surface area contributed by atoms with E-state index in [1.54, 1.807) is 13.8 Å². The van der Waals surface area contributed by atoms with E-state index in [4.69, 9.17) is 5.73 Å². The molecule has 2 heterocycles. The molecule has 0 bridgehead atoms. The molecule has 0 aliphatic carbocycles. The van der Waals surface area contributed by atoms with Crippen LogP contribution < -0.4 is 16.6 Å². The Morgan fingerprint density at radius 1 is 1.45 bits per heavy atom. The molecule has 2 aromatic rings. The van der Waals surface area contributed by atoms with Gasteiger partial charge in [-0.05, 0) is 33.3 Å². The van der Waals surface area contributed by atoms with Crippen LogP contribution in [0.2, 0.25) is 0 Å². The van der Waals surface area contributed by atoms with Gasteiger partial charge in [0.1, 0.15) is 10.7 Å². The Labute approximate surface area is 120 Å². The molecule has 0 aliphatic rings. The molecule has 0 unspecified atom stereocenters. The average Bonchev–Trinajstić information content (AvgIpc) is 2.63. The van der Waals surface area contributed by atoms with Crippen molar-refractivity contribution in [1.29, 1.82) is 0 Å². The summed E-state index contributed by atoms with van der Waals surface area (Å²) < 4.78 is 0. The van der Waals surface area contributed by atoms with Crippen LogP contribution in [0.3, 0.4) is 0 Å². The number of carbonyl (C=O) groups is 1. The van der Waals surface area contributed by atoms with Crippen molar-refractivity contribution in [2.24, 2.45) is 5.73 Å². The number of fused-ring (bicyclic) bond motifs is 1. The number of nitrogens with two attached hydrogens (primary N) is 1. The highest BCUT2D eigenvalue weighted by molar-refractivity contribution is 7.18. The fourth-order valence-electron chi connectivity index (χ4n) is 1.77. The second-order valence-electron chi connectivity index (χ2n) is 5.32. The molecule has 20 heavy (non-hydrogen) atoms. The highest BCUT2D eigenvalue weighted by Crippen LogP contribution is 2.25. The monoisotopic (exact) mass is 294 g/mol. The van der Waals surface area contributed by atoms with Crippen molar-refractivity contribution in [2.75, 3.05) is 0 Å². The number of aromatic nitrogens is 2. The maximum atomic E-state index is 12.1. The minimum absolute atomic E-state index is 0.148. The Morgan fingerprint density at radius 3 is 2.70 bits per heavy atom. The zero-order valence-corrected chi connectivity index (χ0v) is 12.8. The van der Waals surface area contributed by atoms with E-state index in [1.807, 2.05) is 13.8 Å². The van der Waals surface area contributed by atoms with Crippen molar-refractivity contribution >= 4 is 27.5 Å². The van der Waals surface area contributed by atoms with Crippen LogP contribution in [0.15, 0.2) is 4.79 Å². The largest absolute Gasteiger partial charge is 0.368 e. The first-order chi connectivity index (χ1) is 9.22. The number of carbonyl (C=O) groups excluding carboxylic acids is 1. The maximum absolute atomic E-state index is 12.1. The normalized spacial score (nSPS) is 12.0. The Bertz CT molecular complexity index is 730. The number of amides is 1. The molecule has 108 valence electrons. The van der Waals surface area contributed by atoms with Crippen LogP contribution >= 0.6 is 11.3 Å². The number of hydrogen-bond donors (Lipinski definition) is 3. The number of nitrogens with zero attached hydrogens (tertiary/aromatic N) is 1. The van der Waals surface area contributed by atoms with Crippen LogP contribution in [-0.2, 0) is 11.3 Å². The zero-order chi connectivity index (χ0) is 15.1. The van der Waals surface area contributed by atoms with Gasteiger partial charge in [-0.2, -0.15) is 0 Å². The lowest BCUT2D eigenvalue weighted by molar-refractivity contribution is -0.123. The fraction of sp³-hybridized carbons (Fsp3) is 0.462. The van der Waals surface area contributed by atoms with E-state index in [0.29, 0.717) is 11.2 Å². The molecule has 0 saturated carbocycles. The van der Waals surface area contributed by atoms with Crippen molar-refractivity contribution in [2.45, 2.75) is 39.8 Å². The number of aryl methyl sites for hydroxylation is 2. The Balaban J connectivity index is 2.33. The van der Waals surface area contributed by atoms with Crippen LogP contribution in [0.25, 0.3) is 10.2 Å². The standard InChI is InChI=1S/C13H18N4O2S/c1-6-7(2)20-11-9(6)10(18)16-8(17-11)5-15-13(3,4)12(14)19/h15H,5H2,1-4H3,(H2,14,19)(H,16,17,18). The van der Waals surface area contributed by atoms with Gasteiger partial charge in [-0.15, -0.1) is 11.3 Å². The molecule has 2 aromatic heterocycles. The van der Waals surface area contributed by atoms with Gasteiger partial charge in [0.15, 0.2) is 0 Å². The third-order valence-corrected chi connectivity index (χ3v) is 4.50. The van der Waals surface area contributed by atoms with Gasteiger partial charge < -0.3 is 10.7 Å². The highest BCUT2D eigenvalue weighted by atomic mass is 32.1. The van der Waals surface area contributed by atoms with E-state index in [0.717, 1.165) is 15.3 Å². The summed E-state index contributed by atoms with van der Waals surface area (Å²) in [5, 5.41) is 3.63. The Kier molecular flexibility index (Phi) is 3.66. The highest BCUT2D eigenvalue weighted by Gasteiger charge is 2.24. The zero-order valence-electron chi connectivity index (χ0n) is 12.0. The Morgan fingerprint density at radius 2 is 2.10 bits per heavy atom. The first kappa shape index (κ1) is 14.7. The second kappa shape index (κ2) is 4.99. The summed E-state index contributed by atoms with van der Waals surface area (Å²) in [5.74, 6) is 0.0433. The van der Waals surface area contributed by atoms with Gasteiger partial charge in [-0.1, -0.05) is 0 Å². The first-order valence-electron chi connectivity index (χ1n) is 6.26. The number of aromatic amines is 1. The fourth-order valence-corrected chi connectivity index (χ4v) is 2.82. The molecule has 0 atom stereocenters. The summed E-state index contributed by atoms with van der Waals surface area (Å²) in [4.78, 5) is 32.3. The third kappa shape index (κ3) is 2.59. The lowest BCUT2D eigenvalue weighted by Crippen LogP contribution is -2.50. The van der Waals surface area contributed by atoms with Crippen LogP contribution in [0, 0.1) is 13.8 Å². The first-order valence-corrected chi connectivity index (χ1v) is 7.08. The molecular weight excluding hydrogens is 276 g/mol. The van der Waals surface area contributed by atoms with Crippen LogP contribution in [0.4, 0.5) is 0 Å². The smallest absolute Gasteiger partial charge is 0.259 e. The van der Waals surface area contributed by atoms with Crippen molar-refractivity contribution in [3.8, 4) is 0 Å². The molecule has 7 heteroatoms. The number of H-pyrrole nitrogens is 1. The second-order valence-corrected chi connectivity index (χ2v) is 6.52. The van der Waals surface area contributed by atoms with Gasteiger partial charge in [-0.25, -0.2) is 4.98 Å². The predicted octanol–water partition coefficient (Wildman–Crippen LogP) is 0.955. The third-order valence-electron chi connectivity index (χ3n) is 3.40. The van der Waals surface area contributed by atoms with Crippen LogP contribution in [0.1, 0.15) is 30.1 Å². The molecule has 1 amide bonds. The summed E-state index contributed by atoms with van der Waals surface area (Å²) in [6.07, 6.45) is 0. The summed E-state index contributed by atoms with van der Waals surface area (Å²) in [6.45, 7) is 7.53. The molecule has 0 radical (unpaired) electrons. The van der Waals surface area contributed by atoms with E-state index in [-0.39, 0.29) is 12.1 Å². The minimum atomic E-state index is -0.852. The number of nitrogens with one attached hydrogen (secondary N) is 2. The minimum Gasteiger partial charge on any atom is -0.368 e. The number of hydrogen-bond acceptors (Lipinski definition) is 5. The van der Waals surface area contributed by atoms with Gasteiger partial charge in [0.25, 0.3) is 5.56 Å². The van der Waals surface area contributed by atoms with E-state index in [1.165, 1.54) is 11.3 Å². The molecule has 0 aliphatic heterocycles. The van der Waals surface area contributed by atoms with Gasteiger partial charge in [0.05, 0.1) is 17.5 Å². The van der Waals surface area contributed by atoms with Crippen molar-refractivity contribution in [3.63, 3.8) is 0 Å². The maximum Gasteiger partial charge on any atom is 0.259 e. The van der Waals surface area contributed by atoms with Gasteiger partial charge in [0, 0.05) is 4.88 Å². The molecule has 0 aromatic carbocycles. The molecule has 2 rings (SSSR count). The topological polar surface area (TPSA) is 101 Å². The lowest BCUT2D eigenvalue weighted by Gasteiger charge is -2.21. The van der Waals surface area contributed by atoms with E-state index < -0.39 is 11.4 Å². The van der Waals surface area contributed by atoms with Crippen molar-refractivity contribution < 1.29 is 4.79 Å². The number of primary amides is 1. The number of thiophene rings is 1. The molecule has 0 saturated heterocycles. The van der Waals surface area contributed by atoms with Crippen LogP contribution in [-0.4, -0.2) is 21.4 Å². The lowest BCUT2D eigenvalue weighted by atomic mass is 10.1. The number of rotatable bonds is 4. The molecule has 6 nitrogen and oxygen atoms in total. The SMILES string of the molecule is Cc1sc2nc(CNC(C)(C)C(N)=O)[nH]c(=O)c2c1C. The summed E-state index contributed by atoms with van der Waals surface area (Å²) in [6, 6.07) is 0. The molecular formula is C13H18N4O2S. The summed E-state index contributed by atoms with van der Waals surface area (Å²) in [5.41, 5.74) is 5.25. The summed E-state index contributed by atoms with van der Waals surface area (Å²) in [7, 11) is 0. The van der Waals surface area contributed by atoms with Gasteiger partial charge in [-0.3, -0.25) is 14.9 Å². The quantitative estimate of drug-likeness (QED) is 0.781.